The molecule has 0 radical (unpaired) electrons. The predicted molar refractivity (Wildman–Crippen MR) is 88.4 cm³/mol. The van der Waals surface area contributed by atoms with Crippen molar-refractivity contribution in [2.45, 2.75) is 12.6 Å². The molecule has 0 unspecified atom stereocenters. The number of hydrogen-bond acceptors (Lipinski definition) is 3. The van der Waals surface area contributed by atoms with Crippen molar-refractivity contribution in [3.05, 3.63) is 29.8 Å². The molecular weight excluding hydrogens is 354 g/mol. The fraction of sp³-hybridized carbons (Fsp3) is 0.500. The summed E-state index contributed by atoms with van der Waals surface area (Å²) in [5.74, 6) is -0.220. The quantitative estimate of drug-likeness (QED) is 0.810. The zero-order valence-electron chi connectivity index (χ0n) is 12.4. The van der Waals surface area contributed by atoms with Crippen LogP contribution < -0.4 is 5.73 Å². The zero-order valence-corrected chi connectivity index (χ0v) is 14.0. The van der Waals surface area contributed by atoms with Gasteiger partial charge in [-0.25, -0.2) is 0 Å². The standard InChI is InChI=1S/C14H18F3N3O.2ClH/c15-14(16,17)10-19-6-3-7-20(9-8-19)13(21)11-4-1-2-5-12(11)18;;/h1-2,4-5H,3,6-10,18H2;2*1H. The number of anilines is 1. The number of amides is 1. The van der Waals surface area contributed by atoms with Gasteiger partial charge in [0.05, 0.1) is 12.1 Å². The molecule has 0 aromatic heterocycles. The van der Waals surface area contributed by atoms with E-state index >= 15 is 0 Å². The van der Waals surface area contributed by atoms with Crippen molar-refractivity contribution in [1.29, 1.82) is 0 Å². The first-order valence-corrected chi connectivity index (χ1v) is 6.80. The van der Waals surface area contributed by atoms with Gasteiger partial charge in [-0.2, -0.15) is 13.2 Å². The molecule has 0 aliphatic carbocycles. The summed E-state index contributed by atoms with van der Waals surface area (Å²) in [6.45, 7) is 0.360. The minimum atomic E-state index is -4.21. The van der Waals surface area contributed by atoms with Crippen molar-refractivity contribution in [1.82, 2.24) is 9.80 Å². The molecule has 1 fully saturated rings. The molecule has 1 aliphatic heterocycles. The Morgan fingerprint density at radius 2 is 1.74 bits per heavy atom. The number of benzene rings is 1. The Morgan fingerprint density at radius 3 is 2.35 bits per heavy atom. The van der Waals surface area contributed by atoms with Crippen molar-refractivity contribution in [2.24, 2.45) is 0 Å². The van der Waals surface area contributed by atoms with E-state index in [2.05, 4.69) is 0 Å². The van der Waals surface area contributed by atoms with Crippen LogP contribution in [0.15, 0.2) is 24.3 Å². The first-order chi connectivity index (χ1) is 9.87. The third-order valence-corrected chi connectivity index (χ3v) is 3.47. The Labute approximate surface area is 145 Å². The molecule has 1 saturated heterocycles. The van der Waals surface area contributed by atoms with E-state index in [0.717, 1.165) is 0 Å². The smallest absolute Gasteiger partial charge is 0.398 e. The van der Waals surface area contributed by atoms with Crippen LogP contribution in [0.4, 0.5) is 18.9 Å². The van der Waals surface area contributed by atoms with Crippen LogP contribution >= 0.6 is 24.8 Å². The molecule has 2 N–H and O–H groups in total. The Kier molecular flexibility index (Phi) is 8.73. The Morgan fingerprint density at radius 1 is 1.09 bits per heavy atom. The van der Waals surface area contributed by atoms with Crippen LogP contribution in [0.5, 0.6) is 0 Å². The van der Waals surface area contributed by atoms with Crippen LogP contribution in [-0.4, -0.2) is 54.6 Å². The molecule has 0 atom stereocenters. The summed E-state index contributed by atoms with van der Waals surface area (Å²) in [6, 6.07) is 6.73. The number of nitrogens with zero attached hydrogens (tertiary/aromatic N) is 2. The van der Waals surface area contributed by atoms with E-state index in [1.165, 1.54) is 4.90 Å². The second-order valence-corrected chi connectivity index (χ2v) is 5.12. The molecule has 1 amide bonds. The molecule has 4 nitrogen and oxygen atoms in total. The summed E-state index contributed by atoms with van der Waals surface area (Å²) in [6.07, 6.45) is -3.68. The van der Waals surface area contributed by atoms with E-state index in [1.54, 1.807) is 29.2 Å². The van der Waals surface area contributed by atoms with E-state index in [-0.39, 0.29) is 43.8 Å². The molecular formula is C14H20Cl2F3N3O. The lowest BCUT2D eigenvalue weighted by Gasteiger charge is -2.23. The van der Waals surface area contributed by atoms with E-state index in [9.17, 15) is 18.0 Å². The SMILES string of the molecule is Cl.Cl.Nc1ccccc1C(=O)N1CCCN(CC(F)(F)F)CC1. The normalized spacial score (nSPS) is 16.0. The summed E-state index contributed by atoms with van der Waals surface area (Å²) in [7, 11) is 0. The second kappa shape index (κ2) is 9.20. The average Bonchev–Trinajstić information content (AvgIpc) is 2.62. The number of carbonyl (C=O) groups is 1. The van der Waals surface area contributed by atoms with Crippen LogP contribution in [0, 0.1) is 0 Å². The number of rotatable bonds is 2. The summed E-state index contributed by atoms with van der Waals surface area (Å²) in [5, 5.41) is 0. The van der Waals surface area contributed by atoms with Gasteiger partial charge in [0, 0.05) is 31.9 Å². The molecule has 132 valence electrons. The maximum atomic E-state index is 12.4. The van der Waals surface area contributed by atoms with Gasteiger partial charge in [-0.15, -0.1) is 24.8 Å². The maximum absolute atomic E-state index is 12.4. The Hall–Kier alpha value is -1.18. The van der Waals surface area contributed by atoms with Crippen molar-refractivity contribution in [2.75, 3.05) is 38.5 Å². The molecule has 0 saturated carbocycles. The highest BCUT2D eigenvalue weighted by Gasteiger charge is 2.32. The van der Waals surface area contributed by atoms with Crippen molar-refractivity contribution in [3.8, 4) is 0 Å². The first-order valence-electron chi connectivity index (χ1n) is 6.80. The van der Waals surface area contributed by atoms with Crippen molar-refractivity contribution in [3.63, 3.8) is 0 Å². The van der Waals surface area contributed by atoms with E-state index in [1.807, 2.05) is 0 Å². The fourth-order valence-corrected chi connectivity index (χ4v) is 2.45. The summed E-state index contributed by atoms with van der Waals surface area (Å²) in [4.78, 5) is 15.3. The van der Waals surface area contributed by atoms with Gasteiger partial charge in [-0.05, 0) is 18.6 Å². The molecule has 2 rings (SSSR count). The van der Waals surface area contributed by atoms with Gasteiger partial charge >= 0.3 is 6.18 Å². The lowest BCUT2D eigenvalue weighted by atomic mass is 10.1. The molecule has 0 spiro atoms. The van der Waals surface area contributed by atoms with Crippen LogP contribution in [0.1, 0.15) is 16.8 Å². The van der Waals surface area contributed by atoms with Crippen LogP contribution in [0.3, 0.4) is 0 Å². The number of hydrogen-bond donors (Lipinski definition) is 1. The largest absolute Gasteiger partial charge is 0.401 e. The van der Waals surface area contributed by atoms with Gasteiger partial charge in [0.25, 0.3) is 5.91 Å². The molecule has 1 aromatic carbocycles. The lowest BCUT2D eigenvalue weighted by molar-refractivity contribution is -0.145. The number of halogens is 5. The summed E-state index contributed by atoms with van der Waals surface area (Å²) < 4.78 is 37.2. The minimum absolute atomic E-state index is 0. The molecule has 1 aromatic rings. The third-order valence-electron chi connectivity index (χ3n) is 3.47. The average molecular weight is 374 g/mol. The molecule has 23 heavy (non-hydrogen) atoms. The highest BCUT2D eigenvalue weighted by molar-refractivity contribution is 5.99. The monoisotopic (exact) mass is 373 g/mol. The number of para-hydroxylation sites is 1. The fourth-order valence-electron chi connectivity index (χ4n) is 2.45. The third kappa shape index (κ3) is 6.45. The highest BCUT2D eigenvalue weighted by Crippen LogP contribution is 2.19. The summed E-state index contributed by atoms with van der Waals surface area (Å²) in [5.41, 5.74) is 6.56. The molecule has 9 heteroatoms. The number of alkyl halides is 3. The van der Waals surface area contributed by atoms with Gasteiger partial charge in [0.15, 0.2) is 0 Å². The Bertz CT molecular complexity index is 514. The molecule has 1 heterocycles. The van der Waals surface area contributed by atoms with Gasteiger partial charge < -0.3 is 10.6 Å². The number of carbonyl (C=O) groups excluding carboxylic acids is 1. The lowest BCUT2D eigenvalue weighted by Crippen LogP contribution is -2.38. The zero-order chi connectivity index (χ0) is 15.5. The second-order valence-electron chi connectivity index (χ2n) is 5.12. The van der Waals surface area contributed by atoms with Crippen molar-refractivity contribution >= 4 is 36.4 Å². The van der Waals surface area contributed by atoms with Crippen molar-refractivity contribution < 1.29 is 18.0 Å². The van der Waals surface area contributed by atoms with E-state index in [4.69, 9.17) is 5.73 Å². The maximum Gasteiger partial charge on any atom is 0.401 e. The molecule has 0 bridgehead atoms. The predicted octanol–water partition coefficient (Wildman–Crippen LogP) is 2.82. The topological polar surface area (TPSA) is 49.6 Å². The number of nitrogen functional groups attached to an aromatic ring is 1. The van der Waals surface area contributed by atoms with E-state index in [0.29, 0.717) is 30.8 Å². The van der Waals surface area contributed by atoms with Crippen LogP contribution in [-0.2, 0) is 0 Å². The van der Waals surface area contributed by atoms with Gasteiger partial charge in [0.2, 0.25) is 0 Å². The van der Waals surface area contributed by atoms with Gasteiger partial charge in [-0.1, -0.05) is 12.1 Å². The highest BCUT2D eigenvalue weighted by atomic mass is 35.5. The summed E-state index contributed by atoms with van der Waals surface area (Å²) >= 11 is 0. The first kappa shape index (κ1) is 21.8. The van der Waals surface area contributed by atoms with Crippen LogP contribution in [0.2, 0.25) is 0 Å². The Balaban J connectivity index is 0.00000242. The van der Waals surface area contributed by atoms with Gasteiger partial charge in [0.1, 0.15) is 0 Å². The van der Waals surface area contributed by atoms with Crippen LogP contribution in [0.25, 0.3) is 0 Å². The molecule has 1 aliphatic rings. The van der Waals surface area contributed by atoms with E-state index < -0.39 is 12.7 Å². The minimum Gasteiger partial charge on any atom is -0.398 e. The van der Waals surface area contributed by atoms with Gasteiger partial charge in [-0.3, -0.25) is 9.69 Å². The number of nitrogens with two attached hydrogens (primary N) is 1.